The third-order valence-corrected chi connectivity index (χ3v) is 0.707. The summed E-state index contributed by atoms with van der Waals surface area (Å²) in [4.78, 5) is 0. The Morgan fingerprint density at radius 2 is 1.11 bits per heavy atom. The van der Waals surface area contributed by atoms with E-state index in [9.17, 15) is 0 Å². The van der Waals surface area contributed by atoms with Crippen LogP contribution in [0.25, 0.3) is 0 Å². The molecule has 0 amide bonds. The van der Waals surface area contributed by atoms with Gasteiger partial charge in [-0.1, -0.05) is 54.4 Å². The van der Waals surface area contributed by atoms with Crippen LogP contribution in [0.1, 0.15) is 54.4 Å². The van der Waals surface area contributed by atoms with E-state index in [-0.39, 0.29) is 45.2 Å². The van der Waals surface area contributed by atoms with E-state index in [0.29, 0.717) is 0 Å². The first-order chi connectivity index (χ1) is 3.41. The molecule has 9 heavy (non-hydrogen) atoms. The van der Waals surface area contributed by atoms with Crippen molar-refractivity contribution in [2.24, 2.45) is 0 Å². The Labute approximate surface area is 91.4 Å². The van der Waals surface area contributed by atoms with Crippen molar-refractivity contribution in [2.75, 3.05) is 0 Å². The number of unbranched alkanes of at least 4 members (excludes halogenated alkanes) is 2. The largest absolute Gasteiger partial charge is 0.0776 e. The van der Waals surface area contributed by atoms with Gasteiger partial charge in [0.1, 0.15) is 0 Å². The molecule has 0 unspecified atom stereocenters. The third kappa shape index (κ3) is 45.9. The quantitative estimate of drug-likeness (QED) is 0.572. The predicted molar refractivity (Wildman–Crippen MR) is 43.3 cm³/mol. The first kappa shape index (κ1) is 22.5. The molecule has 0 aliphatic heterocycles. The summed E-state index contributed by atoms with van der Waals surface area (Å²) in [7, 11) is 0. The van der Waals surface area contributed by atoms with E-state index in [4.69, 9.17) is 0 Å². The van der Waals surface area contributed by atoms with Crippen LogP contribution in [0.15, 0.2) is 0 Å². The van der Waals surface area contributed by atoms with Crippen molar-refractivity contribution < 1.29 is 37.7 Å². The molecule has 0 aliphatic carbocycles. The molecule has 0 aromatic carbocycles. The molecule has 0 N–H and O–H groups in total. The van der Waals surface area contributed by atoms with E-state index in [2.05, 4.69) is 13.8 Å². The van der Waals surface area contributed by atoms with Crippen molar-refractivity contribution in [3.63, 3.8) is 0 Å². The van der Waals surface area contributed by atoms with Gasteiger partial charge in [-0.3, -0.25) is 0 Å². The molecule has 0 aliphatic rings. The van der Waals surface area contributed by atoms with Crippen LogP contribution in [-0.2, 0) is 0 Å². The van der Waals surface area contributed by atoms with Crippen molar-refractivity contribution in [1.29, 1.82) is 0 Å². The molecular weight excluding hydrogens is 136 g/mol. The smallest absolute Gasteiger partial charge is 0 e. The predicted octanol–water partition coefficient (Wildman–Crippen LogP) is 3.86. The molecule has 0 saturated heterocycles. The van der Waals surface area contributed by atoms with Gasteiger partial charge in [0.15, 0.2) is 0 Å². The molecule has 0 heterocycles. The molecular formula is C8H22Ar. The fourth-order valence-electron chi connectivity index (χ4n) is 0.354. The SMILES string of the molecule is C.CC.CCCCC.[Ar]. The van der Waals surface area contributed by atoms with Crippen LogP contribution in [0.2, 0.25) is 0 Å². The first-order valence-corrected chi connectivity index (χ1v) is 3.41. The molecule has 1 heteroatoms. The van der Waals surface area contributed by atoms with E-state index < -0.39 is 0 Å². The molecule has 0 nitrogen and oxygen atoms in total. The van der Waals surface area contributed by atoms with Crippen LogP contribution in [0, 0.1) is 37.7 Å². The number of hydrogen-bond donors (Lipinski definition) is 0. The second-order valence-corrected chi connectivity index (χ2v) is 1.35. The molecule has 0 aromatic heterocycles. The Hall–Kier alpha value is 1.26. The second kappa shape index (κ2) is 34.8. The van der Waals surface area contributed by atoms with E-state index >= 15 is 0 Å². The topological polar surface area (TPSA) is 0 Å². The van der Waals surface area contributed by atoms with E-state index in [1.54, 1.807) is 0 Å². The normalized spacial score (nSPS) is 5.33. The standard InChI is InChI=1S/C5H12.C2H6.CH4.Ar/c1-3-5-4-2;1-2;;/h3-5H2,1-2H3;1-2H3;1H4;. The van der Waals surface area contributed by atoms with Crippen LogP contribution in [0.5, 0.6) is 0 Å². The van der Waals surface area contributed by atoms with Crippen LogP contribution in [0.3, 0.4) is 0 Å². The van der Waals surface area contributed by atoms with E-state index in [0.717, 1.165) is 0 Å². The molecule has 0 saturated carbocycles. The summed E-state index contributed by atoms with van der Waals surface area (Å²) in [6, 6.07) is 0. The Balaban J connectivity index is -0.0000000286. The Morgan fingerprint density at radius 1 is 0.889 bits per heavy atom. The maximum absolute atomic E-state index is 2.21. The molecule has 0 radical (unpaired) electrons. The average molecular weight is 158 g/mol. The number of rotatable bonds is 2. The monoisotopic (exact) mass is 158 g/mol. The van der Waals surface area contributed by atoms with Gasteiger partial charge in [-0.25, -0.2) is 0 Å². The minimum atomic E-state index is 0. The molecule has 0 bridgehead atoms. The second-order valence-electron chi connectivity index (χ2n) is 1.35. The van der Waals surface area contributed by atoms with Crippen LogP contribution < -0.4 is 0 Å². The Morgan fingerprint density at radius 3 is 1.11 bits per heavy atom. The van der Waals surface area contributed by atoms with Gasteiger partial charge in [0, 0.05) is 37.7 Å². The summed E-state index contributed by atoms with van der Waals surface area (Å²) >= 11 is 0. The summed E-state index contributed by atoms with van der Waals surface area (Å²) in [6.07, 6.45) is 4.08. The minimum absolute atomic E-state index is 0. The van der Waals surface area contributed by atoms with E-state index in [1.807, 2.05) is 13.8 Å². The summed E-state index contributed by atoms with van der Waals surface area (Å²) < 4.78 is 0. The van der Waals surface area contributed by atoms with Gasteiger partial charge < -0.3 is 0 Å². The molecule has 0 rings (SSSR count). The average Bonchev–Trinajstić information content (AvgIpc) is 1.75. The molecule has 0 atom stereocenters. The van der Waals surface area contributed by atoms with Crippen molar-refractivity contribution in [3.05, 3.63) is 0 Å². The van der Waals surface area contributed by atoms with Gasteiger partial charge in [-0.05, 0) is 0 Å². The van der Waals surface area contributed by atoms with Gasteiger partial charge in [0.25, 0.3) is 0 Å². The zero-order valence-corrected chi connectivity index (χ0v) is 7.18. The van der Waals surface area contributed by atoms with Gasteiger partial charge >= 0.3 is 0 Å². The van der Waals surface area contributed by atoms with Crippen molar-refractivity contribution in [2.45, 2.75) is 54.4 Å². The van der Waals surface area contributed by atoms with Crippen molar-refractivity contribution in [1.82, 2.24) is 0 Å². The molecule has 0 aromatic rings. The first-order valence-electron chi connectivity index (χ1n) is 3.41. The summed E-state index contributed by atoms with van der Waals surface area (Å²) in [5, 5.41) is 0. The van der Waals surface area contributed by atoms with E-state index in [1.165, 1.54) is 19.3 Å². The van der Waals surface area contributed by atoms with Crippen LogP contribution in [-0.4, -0.2) is 0 Å². The van der Waals surface area contributed by atoms with Gasteiger partial charge in [-0.2, -0.15) is 0 Å². The van der Waals surface area contributed by atoms with Crippen molar-refractivity contribution >= 4 is 0 Å². The van der Waals surface area contributed by atoms with Gasteiger partial charge in [-0.15, -0.1) is 0 Å². The maximum atomic E-state index is 2.21. The zero-order valence-electron chi connectivity index (χ0n) is 6.47. The maximum Gasteiger partial charge on any atom is 0 e. The fraction of sp³-hybridized carbons (Fsp3) is 1.00. The summed E-state index contributed by atoms with van der Waals surface area (Å²) in [5.41, 5.74) is 0. The molecule has 0 spiro atoms. The van der Waals surface area contributed by atoms with Gasteiger partial charge in [0.2, 0.25) is 0 Å². The number of hydrogen-bond acceptors (Lipinski definition) is 0. The minimum Gasteiger partial charge on any atom is -0.0776 e. The Kier molecular flexibility index (Phi) is 86.8. The van der Waals surface area contributed by atoms with Crippen molar-refractivity contribution in [3.8, 4) is 0 Å². The molecule has 0 fully saturated rings. The fourth-order valence-corrected chi connectivity index (χ4v) is 0.354. The van der Waals surface area contributed by atoms with Crippen LogP contribution >= 0.6 is 0 Å². The van der Waals surface area contributed by atoms with Crippen LogP contribution in [0.4, 0.5) is 0 Å². The zero-order chi connectivity index (χ0) is 6.12. The van der Waals surface area contributed by atoms with Gasteiger partial charge in [0.05, 0.1) is 0 Å². The Bertz CT molecular complexity index is 12.0. The third-order valence-electron chi connectivity index (χ3n) is 0.707. The summed E-state index contributed by atoms with van der Waals surface area (Å²) in [6.45, 7) is 8.42. The summed E-state index contributed by atoms with van der Waals surface area (Å²) in [5.74, 6) is 0. The molecule has 62 valence electrons.